The van der Waals surface area contributed by atoms with Gasteiger partial charge in [0.15, 0.2) is 0 Å². The number of methoxy groups -OCH3 is 1. The van der Waals surface area contributed by atoms with Gasteiger partial charge in [0.05, 0.1) is 29.0 Å². The fourth-order valence-corrected chi connectivity index (χ4v) is 5.27. The molecular weight excluding hydrogens is 514 g/mol. The van der Waals surface area contributed by atoms with Crippen molar-refractivity contribution in [1.29, 1.82) is 0 Å². The smallest absolute Gasteiger partial charge is 0.274 e. The third-order valence-corrected chi connectivity index (χ3v) is 7.09. The SMILES string of the molecule is COc1ccc(Br)cc1S(=O)(=O)N(CC(=O)Nc1cccc([N+](=O)[O-])c1C)c1ccccc1. The highest BCUT2D eigenvalue weighted by molar-refractivity contribution is 9.10. The van der Waals surface area contributed by atoms with Gasteiger partial charge in [0.2, 0.25) is 5.91 Å². The van der Waals surface area contributed by atoms with Crippen molar-refractivity contribution in [2.75, 3.05) is 23.3 Å². The molecular formula is C22H20BrN3O6S. The van der Waals surface area contributed by atoms with Crippen LogP contribution in [-0.2, 0) is 14.8 Å². The number of rotatable bonds is 8. The lowest BCUT2D eigenvalue weighted by Crippen LogP contribution is -2.38. The molecule has 0 fully saturated rings. The number of hydrogen-bond acceptors (Lipinski definition) is 6. The first kappa shape index (κ1) is 24.2. The number of benzene rings is 3. The third-order valence-electron chi connectivity index (χ3n) is 4.80. The number of nitrogens with zero attached hydrogens (tertiary/aromatic N) is 2. The van der Waals surface area contributed by atoms with Crippen molar-refractivity contribution >= 4 is 48.9 Å². The lowest BCUT2D eigenvalue weighted by Gasteiger charge is -2.25. The number of carbonyl (C=O) groups is 1. The molecule has 0 aliphatic heterocycles. The van der Waals surface area contributed by atoms with Crippen LogP contribution in [0.5, 0.6) is 5.75 Å². The topological polar surface area (TPSA) is 119 Å². The Morgan fingerprint density at radius 2 is 1.82 bits per heavy atom. The van der Waals surface area contributed by atoms with Gasteiger partial charge in [-0.3, -0.25) is 19.2 Å². The normalized spacial score (nSPS) is 11.0. The fourth-order valence-electron chi connectivity index (χ4n) is 3.16. The second kappa shape index (κ2) is 10.0. The molecule has 1 N–H and O–H groups in total. The molecule has 1 amide bonds. The van der Waals surface area contributed by atoms with Crippen LogP contribution in [0, 0.1) is 17.0 Å². The Hall–Kier alpha value is -3.44. The standard InChI is InChI=1S/C22H20BrN3O6S/c1-15-18(9-6-10-19(15)26(28)29)24-22(27)14-25(17-7-4-3-5-8-17)33(30,31)21-13-16(23)11-12-20(21)32-2/h3-13H,14H2,1-2H3,(H,24,27). The molecule has 172 valence electrons. The first-order chi connectivity index (χ1) is 15.6. The molecule has 0 bridgehead atoms. The second-order valence-electron chi connectivity index (χ2n) is 6.90. The van der Waals surface area contributed by atoms with E-state index < -0.39 is 27.4 Å². The van der Waals surface area contributed by atoms with Crippen LogP contribution in [0.1, 0.15) is 5.56 Å². The van der Waals surface area contributed by atoms with Crippen LogP contribution >= 0.6 is 15.9 Å². The number of nitro benzene ring substituents is 1. The third kappa shape index (κ3) is 5.32. The zero-order valence-corrected chi connectivity index (χ0v) is 20.1. The number of hydrogen-bond donors (Lipinski definition) is 1. The molecule has 11 heteroatoms. The summed E-state index contributed by atoms with van der Waals surface area (Å²) in [5.74, 6) is -0.547. The maximum atomic E-state index is 13.6. The van der Waals surface area contributed by atoms with Crippen molar-refractivity contribution in [3.63, 3.8) is 0 Å². The Morgan fingerprint density at radius 1 is 1.12 bits per heavy atom. The molecule has 0 aromatic heterocycles. The molecule has 33 heavy (non-hydrogen) atoms. The van der Waals surface area contributed by atoms with E-state index in [2.05, 4.69) is 21.2 Å². The zero-order valence-electron chi connectivity index (χ0n) is 17.7. The molecule has 0 aliphatic rings. The van der Waals surface area contributed by atoms with Crippen molar-refractivity contribution < 1.29 is 22.9 Å². The van der Waals surface area contributed by atoms with Gasteiger partial charge in [-0.05, 0) is 43.3 Å². The second-order valence-corrected chi connectivity index (χ2v) is 9.64. The number of para-hydroxylation sites is 1. The predicted octanol–water partition coefficient (Wildman–Crippen LogP) is 4.51. The summed E-state index contributed by atoms with van der Waals surface area (Å²) in [6.45, 7) is 0.940. The van der Waals surface area contributed by atoms with Crippen molar-refractivity contribution in [1.82, 2.24) is 0 Å². The highest BCUT2D eigenvalue weighted by atomic mass is 79.9. The molecule has 0 atom stereocenters. The molecule has 0 heterocycles. The lowest BCUT2D eigenvalue weighted by molar-refractivity contribution is -0.385. The van der Waals surface area contributed by atoms with Gasteiger partial charge in [0.25, 0.3) is 15.7 Å². The first-order valence-electron chi connectivity index (χ1n) is 9.60. The average Bonchev–Trinajstić information content (AvgIpc) is 2.79. The first-order valence-corrected chi connectivity index (χ1v) is 11.8. The van der Waals surface area contributed by atoms with Crippen LogP contribution in [0.25, 0.3) is 0 Å². The molecule has 9 nitrogen and oxygen atoms in total. The highest BCUT2D eigenvalue weighted by Crippen LogP contribution is 2.32. The van der Waals surface area contributed by atoms with E-state index in [1.165, 1.54) is 44.4 Å². The van der Waals surface area contributed by atoms with Gasteiger partial charge < -0.3 is 10.1 Å². The molecule has 0 saturated heterocycles. The number of nitrogens with one attached hydrogen (secondary N) is 1. The van der Waals surface area contributed by atoms with E-state index in [-0.39, 0.29) is 33.3 Å². The van der Waals surface area contributed by atoms with E-state index in [0.29, 0.717) is 4.47 Å². The fraction of sp³-hybridized carbons (Fsp3) is 0.136. The monoisotopic (exact) mass is 533 g/mol. The molecule has 0 saturated carbocycles. The Kier molecular flexibility index (Phi) is 7.34. The van der Waals surface area contributed by atoms with Crippen LogP contribution in [0.15, 0.2) is 76.1 Å². The summed E-state index contributed by atoms with van der Waals surface area (Å²) in [6.07, 6.45) is 0. The quantitative estimate of drug-likeness (QED) is 0.336. The summed E-state index contributed by atoms with van der Waals surface area (Å²) >= 11 is 3.27. The van der Waals surface area contributed by atoms with Gasteiger partial charge in [-0.1, -0.05) is 40.2 Å². The zero-order chi connectivity index (χ0) is 24.2. The number of sulfonamides is 1. The van der Waals surface area contributed by atoms with Gasteiger partial charge in [0.1, 0.15) is 17.2 Å². The van der Waals surface area contributed by atoms with E-state index in [4.69, 9.17) is 4.74 Å². The van der Waals surface area contributed by atoms with Crippen LogP contribution < -0.4 is 14.4 Å². The minimum atomic E-state index is -4.23. The molecule has 0 spiro atoms. The number of halogens is 1. The van der Waals surface area contributed by atoms with Gasteiger partial charge in [-0.2, -0.15) is 0 Å². The van der Waals surface area contributed by atoms with E-state index in [9.17, 15) is 23.3 Å². The Labute approximate surface area is 199 Å². The number of anilines is 2. The summed E-state index contributed by atoms with van der Waals surface area (Å²) in [5, 5.41) is 13.8. The summed E-state index contributed by atoms with van der Waals surface area (Å²) in [5.41, 5.74) is 0.600. The highest BCUT2D eigenvalue weighted by Gasteiger charge is 2.30. The molecule has 3 aromatic carbocycles. The van der Waals surface area contributed by atoms with Crippen LogP contribution in [-0.4, -0.2) is 32.9 Å². The Balaban J connectivity index is 2.00. The number of ether oxygens (including phenoxy) is 1. The largest absolute Gasteiger partial charge is 0.495 e. The Morgan fingerprint density at radius 3 is 2.45 bits per heavy atom. The van der Waals surface area contributed by atoms with Gasteiger partial charge in [0, 0.05) is 10.5 Å². The summed E-state index contributed by atoms with van der Waals surface area (Å²) in [4.78, 5) is 23.4. The van der Waals surface area contributed by atoms with Crippen LogP contribution in [0.4, 0.5) is 17.1 Å². The van der Waals surface area contributed by atoms with Gasteiger partial charge >= 0.3 is 0 Å². The summed E-state index contributed by atoms with van der Waals surface area (Å²) in [7, 11) is -2.88. The van der Waals surface area contributed by atoms with E-state index >= 15 is 0 Å². The minimum Gasteiger partial charge on any atom is -0.495 e. The maximum absolute atomic E-state index is 13.6. The van der Waals surface area contributed by atoms with Gasteiger partial charge in [-0.15, -0.1) is 0 Å². The maximum Gasteiger partial charge on any atom is 0.274 e. The number of carbonyl (C=O) groups excluding carboxylic acids is 1. The van der Waals surface area contributed by atoms with Crippen molar-refractivity contribution in [2.24, 2.45) is 0 Å². The molecule has 3 rings (SSSR count). The van der Waals surface area contributed by atoms with Crippen molar-refractivity contribution in [3.8, 4) is 5.75 Å². The van der Waals surface area contributed by atoms with E-state index in [0.717, 1.165) is 4.31 Å². The van der Waals surface area contributed by atoms with Crippen molar-refractivity contribution in [2.45, 2.75) is 11.8 Å². The molecule has 0 aliphatic carbocycles. The van der Waals surface area contributed by atoms with Crippen LogP contribution in [0.2, 0.25) is 0 Å². The van der Waals surface area contributed by atoms with Gasteiger partial charge in [-0.25, -0.2) is 8.42 Å². The predicted molar refractivity (Wildman–Crippen MR) is 128 cm³/mol. The molecule has 3 aromatic rings. The number of amides is 1. The molecule has 0 radical (unpaired) electrons. The van der Waals surface area contributed by atoms with Crippen LogP contribution in [0.3, 0.4) is 0 Å². The van der Waals surface area contributed by atoms with E-state index in [1.54, 1.807) is 36.4 Å². The average molecular weight is 534 g/mol. The van der Waals surface area contributed by atoms with Crippen molar-refractivity contribution in [3.05, 3.63) is 86.9 Å². The molecule has 0 unspecified atom stereocenters. The lowest BCUT2D eigenvalue weighted by atomic mass is 10.1. The van der Waals surface area contributed by atoms with E-state index in [1.807, 2.05) is 0 Å². The summed E-state index contributed by atoms with van der Waals surface area (Å²) in [6, 6.07) is 17.0. The Bertz CT molecular complexity index is 1300. The summed E-state index contributed by atoms with van der Waals surface area (Å²) < 4.78 is 33.9. The number of nitro groups is 1. The minimum absolute atomic E-state index is 0.120.